The van der Waals surface area contributed by atoms with Gasteiger partial charge in [-0.1, -0.05) is 19.3 Å². The highest BCUT2D eigenvalue weighted by Crippen LogP contribution is 2.35. The Morgan fingerprint density at radius 3 is 2.75 bits per heavy atom. The average molecular weight is 239 g/mol. The molecular formula is C13H21NOS. The Kier molecular flexibility index (Phi) is 4.36. The molecule has 1 aliphatic rings. The molecule has 1 aliphatic carbocycles. The van der Waals surface area contributed by atoms with Gasteiger partial charge in [0.15, 0.2) is 0 Å². The second-order valence-electron chi connectivity index (χ2n) is 4.71. The van der Waals surface area contributed by atoms with Crippen molar-refractivity contribution in [3.05, 3.63) is 15.6 Å². The van der Waals surface area contributed by atoms with Gasteiger partial charge in [0.2, 0.25) is 0 Å². The van der Waals surface area contributed by atoms with Gasteiger partial charge in [-0.25, -0.2) is 4.98 Å². The Morgan fingerprint density at radius 2 is 2.06 bits per heavy atom. The van der Waals surface area contributed by atoms with Gasteiger partial charge in [-0.15, -0.1) is 11.3 Å². The van der Waals surface area contributed by atoms with E-state index in [-0.39, 0.29) is 6.61 Å². The third-order valence-corrected chi connectivity index (χ3v) is 4.46. The van der Waals surface area contributed by atoms with E-state index in [9.17, 15) is 0 Å². The number of nitrogens with zero attached hydrogens (tertiary/aromatic N) is 1. The van der Waals surface area contributed by atoms with Crippen molar-refractivity contribution in [2.45, 2.75) is 57.8 Å². The molecule has 0 radical (unpaired) electrons. The first kappa shape index (κ1) is 12.1. The van der Waals surface area contributed by atoms with Crippen molar-refractivity contribution in [2.75, 3.05) is 6.61 Å². The lowest BCUT2D eigenvalue weighted by atomic mass is 9.86. The van der Waals surface area contributed by atoms with Gasteiger partial charge in [-0.05, 0) is 26.2 Å². The van der Waals surface area contributed by atoms with Crippen LogP contribution in [0.15, 0.2) is 0 Å². The van der Waals surface area contributed by atoms with Crippen LogP contribution < -0.4 is 0 Å². The highest BCUT2D eigenvalue weighted by Gasteiger charge is 2.20. The summed E-state index contributed by atoms with van der Waals surface area (Å²) in [6.07, 6.45) is 8.57. The molecule has 1 heterocycles. The van der Waals surface area contributed by atoms with Crippen molar-refractivity contribution in [3.8, 4) is 0 Å². The van der Waals surface area contributed by atoms with Crippen LogP contribution >= 0.6 is 11.3 Å². The van der Waals surface area contributed by atoms with E-state index in [1.165, 1.54) is 47.7 Å². The maximum Gasteiger partial charge on any atom is 0.0932 e. The largest absolute Gasteiger partial charge is 0.396 e. The van der Waals surface area contributed by atoms with Gasteiger partial charge >= 0.3 is 0 Å². The number of aromatic nitrogens is 1. The molecule has 1 saturated carbocycles. The zero-order chi connectivity index (χ0) is 11.4. The molecule has 0 aliphatic heterocycles. The molecule has 1 fully saturated rings. The summed E-state index contributed by atoms with van der Waals surface area (Å²) in [5.41, 5.74) is 1.36. The summed E-state index contributed by atoms with van der Waals surface area (Å²) >= 11 is 1.83. The quantitative estimate of drug-likeness (QED) is 0.873. The maximum absolute atomic E-state index is 8.83. The van der Waals surface area contributed by atoms with Gasteiger partial charge in [0.05, 0.1) is 10.7 Å². The summed E-state index contributed by atoms with van der Waals surface area (Å²) in [7, 11) is 0. The molecule has 0 amide bonds. The molecule has 0 spiro atoms. The van der Waals surface area contributed by atoms with Crippen molar-refractivity contribution < 1.29 is 5.11 Å². The second kappa shape index (κ2) is 5.78. The summed E-state index contributed by atoms with van der Waals surface area (Å²) in [6.45, 7) is 2.47. The molecule has 1 aromatic rings. The van der Waals surface area contributed by atoms with E-state index in [1.54, 1.807) is 0 Å². The summed E-state index contributed by atoms with van der Waals surface area (Å²) < 4.78 is 0. The molecule has 2 rings (SSSR count). The minimum atomic E-state index is 0.275. The monoisotopic (exact) mass is 239 g/mol. The van der Waals surface area contributed by atoms with E-state index in [4.69, 9.17) is 10.1 Å². The molecule has 1 N–H and O–H groups in total. The fourth-order valence-corrected chi connectivity index (χ4v) is 3.62. The fraction of sp³-hybridized carbons (Fsp3) is 0.769. The Balaban J connectivity index is 2.04. The van der Waals surface area contributed by atoms with E-state index < -0.39 is 0 Å². The van der Waals surface area contributed by atoms with Crippen molar-refractivity contribution >= 4 is 11.3 Å². The molecule has 0 saturated heterocycles. The first-order valence-electron chi connectivity index (χ1n) is 6.38. The van der Waals surface area contributed by atoms with Gasteiger partial charge in [-0.2, -0.15) is 0 Å². The highest BCUT2D eigenvalue weighted by atomic mass is 32.1. The van der Waals surface area contributed by atoms with E-state index in [0.717, 1.165) is 12.8 Å². The van der Waals surface area contributed by atoms with Crippen LogP contribution in [-0.2, 0) is 6.42 Å². The molecule has 0 unspecified atom stereocenters. The average Bonchev–Trinajstić information content (AvgIpc) is 2.69. The van der Waals surface area contributed by atoms with Gasteiger partial charge < -0.3 is 5.11 Å². The smallest absolute Gasteiger partial charge is 0.0932 e. The van der Waals surface area contributed by atoms with Crippen LogP contribution in [-0.4, -0.2) is 16.7 Å². The van der Waals surface area contributed by atoms with Crippen LogP contribution in [0.1, 0.15) is 60.0 Å². The Morgan fingerprint density at radius 1 is 1.31 bits per heavy atom. The number of aliphatic hydroxyl groups excluding tert-OH is 1. The Hall–Kier alpha value is -0.410. The van der Waals surface area contributed by atoms with Crippen molar-refractivity contribution in [3.63, 3.8) is 0 Å². The maximum atomic E-state index is 8.83. The minimum absolute atomic E-state index is 0.275. The number of aryl methyl sites for hydroxylation is 2. The molecule has 16 heavy (non-hydrogen) atoms. The predicted octanol–water partition coefficient (Wildman–Crippen LogP) is 3.42. The SMILES string of the molecule is Cc1sc(CCCO)nc1C1CCCCC1. The van der Waals surface area contributed by atoms with Gasteiger partial charge in [0, 0.05) is 23.8 Å². The number of hydrogen-bond donors (Lipinski definition) is 1. The molecule has 0 atom stereocenters. The van der Waals surface area contributed by atoms with E-state index >= 15 is 0 Å². The van der Waals surface area contributed by atoms with E-state index in [0.29, 0.717) is 5.92 Å². The molecule has 1 aromatic heterocycles. The van der Waals surface area contributed by atoms with Crippen LogP contribution in [0, 0.1) is 6.92 Å². The molecule has 3 heteroatoms. The number of hydrogen-bond acceptors (Lipinski definition) is 3. The summed E-state index contributed by atoms with van der Waals surface area (Å²) in [5.74, 6) is 0.716. The number of rotatable bonds is 4. The minimum Gasteiger partial charge on any atom is -0.396 e. The number of thiazole rings is 1. The van der Waals surface area contributed by atoms with Crippen LogP contribution in [0.2, 0.25) is 0 Å². The summed E-state index contributed by atoms with van der Waals surface area (Å²) in [6, 6.07) is 0. The van der Waals surface area contributed by atoms with Crippen LogP contribution in [0.3, 0.4) is 0 Å². The van der Waals surface area contributed by atoms with Crippen LogP contribution in [0.5, 0.6) is 0 Å². The second-order valence-corrected chi connectivity index (χ2v) is 6.00. The van der Waals surface area contributed by atoms with E-state index in [1.807, 2.05) is 11.3 Å². The number of aliphatic hydroxyl groups is 1. The van der Waals surface area contributed by atoms with Crippen LogP contribution in [0.25, 0.3) is 0 Å². The molecule has 0 bridgehead atoms. The standard InChI is InChI=1S/C13H21NOS/c1-10-13(11-6-3-2-4-7-11)14-12(16-10)8-5-9-15/h11,15H,2-9H2,1H3. The first-order valence-corrected chi connectivity index (χ1v) is 7.20. The summed E-state index contributed by atoms with van der Waals surface area (Å²) in [5, 5.41) is 10.0. The predicted molar refractivity (Wildman–Crippen MR) is 68.1 cm³/mol. The van der Waals surface area contributed by atoms with E-state index in [2.05, 4.69) is 6.92 Å². The van der Waals surface area contributed by atoms with Gasteiger partial charge in [0.25, 0.3) is 0 Å². The zero-order valence-corrected chi connectivity index (χ0v) is 10.9. The lowest BCUT2D eigenvalue weighted by Crippen LogP contribution is -2.06. The summed E-state index contributed by atoms with van der Waals surface area (Å²) in [4.78, 5) is 6.18. The highest BCUT2D eigenvalue weighted by molar-refractivity contribution is 7.11. The fourth-order valence-electron chi connectivity index (χ4n) is 2.56. The third kappa shape index (κ3) is 2.83. The van der Waals surface area contributed by atoms with Crippen molar-refractivity contribution in [1.82, 2.24) is 4.98 Å². The van der Waals surface area contributed by atoms with Crippen molar-refractivity contribution in [1.29, 1.82) is 0 Å². The third-order valence-electron chi connectivity index (χ3n) is 3.42. The zero-order valence-electron chi connectivity index (χ0n) is 10.0. The molecule has 2 nitrogen and oxygen atoms in total. The lowest BCUT2D eigenvalue weighted by molar-refractivity contribution is 0.288. The normalized spacial score (nSPS) is 17.9. The Bertz CT molecular complexity index is 329. The lowest BCUT2D eigenvalue weighted by Gasteiger charge is -2.20. The molecule has 90 valence electrons. The van der Waals surface area contributed by atoms with Crippen molar-refractivity contribution in [2.24, 2.45) is 0 Å². The van der Waals surface area contributed by atoms with Crippen LogP contribution in [0.4, 0.5) is 0 Å². The molecular weight excluding hydrogens is 218 g/mol. The molecule has 0 aromatic carbocycles. The van der Waals surface area contributed by atoms with Gasteiger partial charge in [-0.3, -0.25) is 0 Å². The van der Waals surface area contributed by atoms with Gasteiger partial charge in [0.1, 0.15) is 0 Å². The topological polar surface area (TPSA) is 33.1 Å². The first-order chi connectivity index (χ1) is 7.81. The Labute approximate surface area is 102 Å².